The van der Waals surface area contributed by atoms with Gasteiger partial charge in [0, 0.05) is 12.7 Å². The highest BCUT2D eigenvalue weighted by molar-refractivity contribution is 7.17. The van der Waals surface area contributed by atoms with Crippen molar-refractivity contribution in [2.45, 2.75) is 27.3 Å². The van der Waals surface area contributed by atoms with E-state index in [1.165, 1.54) is 11.3 Å². The van der Waals surface area contributed by atoms with Crippen LogP contribution in [-0.4, -0.2) is 22.5 Å². The Morgan fingerprint density at radius 3 is 2.63 bits per heavy atom. The first-order chi connectivity index (χ1) is 13.0. The minimum atomic E-state index is -0.118. The maximum Gasteiger partial charge on any atom is 0.263 e. The van der Waals surface area contributed by atoms with Gasteiger partial charge < -0.3 is 10.1 Å². The first kappa shape index (κ1) is 19.0. The maximum absolute atomic E-state index is 12.5. The Morgan fingerprint density at radius 2 is 1.96 bits per heavy atom. The van der Waals surface area contributed by atoms with Crippen LogP contribution < -0.4 is 10.1 Å². The third kappa shape index (κ3) is 5.14. The smallest absolute Gasteiger partial charge is 0.263 e. The maximum atomic E-state index is 12.5. The number of aromatic nitrogens is 2. The third-order valence-corrected chi connectivity index (χ3v) is 5.03. The lowest BCUT2D eigenvalue weighted by molar-refractivity contribution is 0.0954. The fourth-order valence-corrected chi connectivity index (χ4v) is 3.39. The molecule has 5 nitrogen and oxygen atoms in total. The molecule has 1 amide bonds. The molecule has 3 rings (SSSR count). The second-order valence-corrected chi connectivity index (χ2v) is 7.68. The number of amides is 1. The Hall–Kier alpha value is -2.73. The molecule has 0 aliphatic heterocycles. The highest BCUT2D eigenvalue weighted by atomic mass is 32.1. The van der Waals surface area contributed by atoms with E-state index in [0.717, 1.165) is 27.7 Å². The summed E-state index contributed by atoms with van der Waals surface area (Å²) in [6.45, 7) is 7.23. The van der Waals surface area contributed by atoms with Crippen LogP contribution in [0.25, 0.3) is 10.7 Å². The standard InChI is InChI=1S/C21H23N3O2S/c1-14(2)13-26-17-9-7-16(8-10-17)12-23-20(25)19-15(3)24-21(27-19)18-6-4-5-11-22-18/h4-11,14H,12-13H2,1-3H3,(H,23,25). The normalized spacial score (nSPS) is 10.8. The number of benzene rings is 1. The predicted octanol–water partition coefficient (Wildman–Crippen LogP) is 4.48. The highest BCUT2D eigenvalue weighted by Gasteiger charge is 2.16. The molecule has 0 saturated carbocycles. The molecule has 0 aliphatic carbocycles. The summed E-state index contributed by atoms with van der Waals surface area (Å²) in [4.78, 5) is 21.9. The number of nitrogens with zero attached hydrogens (tertiary/aromatic N) is 2. The average molecular weight is 382 g/mol. The Labute approximate surface area is 163 Å². The molecule has 0 fully saturated rings. The minimum Gasteiger partial charge on any atom is -0.493 e. The molecule has 0 radical (unpaired) electrons. The largest absolute Gasteiger partial charge is 0.493 e. The molecule has 3 aromatic rings. The predicted molar refractivity (Wildman–Crippen MR) is 108 cm³/mol. The van der Waals surface area contributed by atoms with Gasteiger partial charge in [-0.1, -0.05) is 32.0 Å². The van der Waals surface area contributed by atoms with Gasteiger partial charge in [-0.25, -0.2) is 4.98 Å². The van der Waals surface area contributed by atoms with Crippen molar-refractivity contribution in [2.24, 2.45) is 5.92 Å². The van der Waals surface area contributed by atoms with Gasteiger partial charge in [-0.2, -0.15) is 0 Å². The lowest BCUT2D eigenvalue weighted by Crippen LogP contribution is -2.22. The van der Waals surface area contributed by atoms with Crippen LogP contribution in [-0.2, 0) is 6.54 Å². The zero-order valence-corrected chi connectivity index (χ0v) is 16.5. The number of nitrogens with one attached hydrogen (secondary N) is 1. The second kappa shape index (κ2) is 8.77. The molecule has 140 valence electrons. The first-order valence-electron chi connectivity index (χ1n) is 8.91. The lowest BCUT2D eigenvalue weighted by atomic mass is 10.2. The topological polar surface area (TPSA) is 64.1 Å². The van der Waals surface area contributed by atoms with Gasteiger partial charge in [0.1, 0.15) is 15.6 Å². The number of pyridine rings is 1. The van der Waals surface area contributed by atoms with Crippen LogP contribution in [0, 0.1) is 12.8 Å². The van der Waals surface area contributed by atoms with Crippen LogP contribution in [0.4, 0.5) is 0 Å². The number of carbonyl (C=O) groups is 1. The van der Waals surface area contributed by atoms with E-state index in [4.69, 9.17) is 4.74 Å². The summed E-state index contributed by atoms with van der Waals surface area (Å²) in [6.07, 6.45) is 1.72. The molecule has 2 aromatic heterocycles. The van der Waals surface area contributed by atoms with Crippen LogP contribution >= 0.6 is 11.3 Å². The van der Waals surface area contributed by atoms with E-state index in [1.807, 2.05) is 49.4 Å². The molecule has 0 aliphatic rings. The van der Waals surface area contributed by atoms with Crippen molar-refractivity contribution in [1.82, 2.24) is 15.3 Å². The number of hydrogen-bond donors (Lipinski definition) is 1. The van der Waals surface area contributed by atoms with Crippen molar-refractivity contribution in [1.29, 1.82) is 0 Å². The van der Waals surface area contributed by atoms with E-state index in [0.29, 0.717) is 23.9 Å². The van der Waals surface area contributed by atoms with Gasteiger partial charge >= 0.3 is 0 Å². The van der Waals surface area contributed by atoms with Crippen LogP contribution in [0.5, 0.6) is 5.75 Å². The van der Waals surface area contributed by atoms with E-state index in [-0.39, 0.29) is 5.91 Å². The van der Waals surface area contributed by atoms with E-state index in [1.54, 1.807) is 6.20 Å². The zero-order valence-electron chi connectivity index (χ0n) is 15.7. The first-order valence-corrected chi connectivity index (χ1v) is 9.73. The molecule has 0 spiro atoms. The van der Waals surface area contributed by atoms with Crippen molar-refractivity contribution in [3.05, 3.63) is 64.8 Å². The zero-order chi connectivity index (χ0) is 19.2. The van der Waals surface area contributed by atoms with Crippen LogP contribution in [0.15, 0.2) is 48.7 Å². The van der Waals surface area contributed by atoms with Gasteiger partial charge in [0.25, 0.3) is 5.91 Å². The van der Waals surface area contributed by atoms with Gasteiger partial charge in [-0.05, 0) is 42.7 Å². The molecule has 0 unspecified atom stereocenters. The van der Waals surface area contributed by atoms with E-state index in [2.05, 4.69) is 29.1 Å². The summed E-state index contributed by atoms with van der Waals surface area (Å²) in [7, 11) is 0. The van der Waals surface area contributed by atoms with Gasteiger partial charge in [-0.3, -0.25) is 9.78 Å². The minimum absolute atomic E-state index is 0.118. The summed E-state index contributed by atoms with van der Waals surface area (Å²) in [5, 5.41) is 3.72. The molecule has 1 N–H and O–H groups in total. The van der Waals surface area contributed by atoms with Gasteiger partial charge in [0.15, 0.2) is 0 Å². The Kier molecular flexibility index (Phi) is 6.19. The molecule has 0 atom stereocenters. The summed E-state index contributed by atoms with van der Waals surface area (Å²) in [5.41, 5.74) is 2.52. The summed E-state index contributed by atoms with van der Waals surface area (Å²) in [5.74, 6) is 1.21. The Balaban J connectivity index is 1.60. The van der Waals surface area contributed by atoms with E-state index >= 15 is 0 Å². The van der Waals surface area contributed by atoms with Crippen LogP contribution in [0.1, 0.15) is 34.8 Å². The van der Waals surface area contributed by atoms with Gasteiger partial charge in [0.2, 0.25) is 0 Å². The number of thiazole rings is 1. The number of hydrogen-bond acceptors (Lipinski definition) is 5. The van der Waals surface area contributed by atoms with Crippen LogP contribution in [0.3, 0.4) is 0 Å². The molecular formula is C21H23N3O2S. The number of aryl methyl sites for hydroxylation is 1. The van der Waals surface area contributed by atoms with E-state index < -0.39 is 0 Å². The second-order valence-electron chi connectivity index (χ2n) is 6.68. The Morgan fingerprint density at radius 1 is 1.19 bits per heavy atom. The fraction of sp³-hybridized carbons (Fsp3) is 0.286. The summed E-state index contributed by atoms with van der Waals surface area (Å²) < 4.78 is 5.68. The quantitative estimate of drug-likeness (QED) is 0.655. The molecular weight excluding hydrogens is 358 g/mol. The van der Waals surface area contributed by atoms with Crippen molar-refractivity contribution >= 4 is 17.2 Å². The van der Waals surface area contributed by atoms with Gasteiger partial charge in [-0.15, -0.1) is 11.3 Å². The summed E-state index contributed by atoms with van der Waals surface area (Å²) in [6, 6.07) is 13.5. The molecule has 1 aromatic carbocycles. The SMILES string of the molecule is Cc1nc(-c2ccccn2)sc1C(=O)NCc1ccc(OCC(C)C)cc1. The number of ether oxygens (including phenoxy) is 1. The Bertz CT molecular complexity index is 890. The molecule has 0 bridgehead atoms. The van der Waals surface area contributed by atoms with Crippen molar-refractivity contribution in [3.63, 3.8) is 0 Å². The highest BCUT2D eigenvalue weighted by Crippen LogP contribution is 2.26. The number of rotatable bonds is 7. The van der Waals surface area contributed by atoms with Crippen LogP contribution in [0.2, 0.25) is 0 Å². The molecule has 27 heavy (non-hydrogen) atoms. The van der Waals surface area contributed by atoms with Crippen molar-refractivity contribution in [2.75, 3.05) is 6.61 Å². The molecule has 6 heteroatoms. The lowest BCUT2D eigenvalue weighted by Gasteiger charge is -2.09. The summed E-state index contributed by atoms with van der Waals surface area (Å²) >= 11 is 1.36. The van der Waals surface area contributed by atoms with Crippen molar-refractivity contribution in [3.8, 4) is 16.5 Å². The van der Waals surface area contributed by atoms with Gasteiger partial charge in [0.05, 0.1) is 18.0 Å². The monoisotopic (exact) mass is 381 g/mol. The fourth-order valence-electron chi connectivity index (χ4n) is 2.43. The average Bonchev–Trinajstić information content (AvgIpc) is 3.08. The molecule has 0 saturated heterocycles. The number of carbonyl (C=O) groups excluding carboxylic acids is 1. The van der Waals surface area contributed by atoms with Crippen molar-refractivity contribution < 1.29 is 9.53 Å². The van der Waals surface area contributed by atoms with E-state index in [9.17, 15) is 4.79 Å². The molecule has 2 heterocycles. The third-order valence-electron chi connectivity index (χ3n) is 3.85.